The standard InChI is InChI=1S/C24H25N5O4S/c1-3-29(4-2)24-28-23(32)20(34-24)15-21(30)26-18-7-5-6-16(14-18)22(31)27-17-8-10-19(11-9-17)33-13-12-25/h5-11,14,20H,3-4,13,15H2,1-2H3,(H,26,30)(H,27,31). The van der Waals surface area contributed by atoms with Crippen LogP contribution < -0.4 is 15.4 Å². The summed E-state index contributed by atoms with van der Waals surface area (Å²) in [5.41, 5.74) is 1.38. The van der Waals surface area contributed by atoms with Gasteiger partial charge in [-0.3, -0.25) is 14.4 Å². The summed E-state index contributed by atoms with van der Waals surface area (Å²) < 4.78 is 5.19. The number of nitrogens with one attached hydrogen (secondary N) is 2. The van der Waals surface area contributed by atoms with Crippen LogP contribution >= 0.6 is 11.8 Å². The number of amides is 3. The van der Waals surface area contributed by atoms with Crippen LogP contribution in [0.3, 0.4) is 0 Å². The van der Waals surface area contributed by atoms with Crippen molar-refractivity contribution in [1.82, 2.24) is 4.90 Å². The topological polar surface area (TPSA) is 124 Å². The third-order valence-electron chi connectivity index (χ3n) is 4.96. The predicted molar refractivity (Wildman–Crippen MR) is 132 cm³/mol. The van der Waals surface area contributed by atoms with Gasteiger partial charge in [0.05, 0.1) is 0 Å². The average molecular weight is 480 g/mol. The number of nitrogens with zero attached hydrogens (tertiary/aromatic N) is 3. The molecule has 1 unspecified atom stereocenters. The minimum Gasteiger partial charge on any atom is -0.479 e. The van der Waals surface area contributed by atoms with Crippen LogP contribution in [0.25, 0.3) is 0 Å². The highest BCUT2D eigenvalue weighted by Gasteiger charge is 2.32. The zero-order chi connectivity index (χ0) is 24.5. The summed E-state index contributed by atoms with van der Waals surface area (Å²) in [7, 11) is 0. The molecule has 3 rings (SSSR count). The van der Waals surface area contributed by atoms with Gasteiger partial charge >= 0.3 is 0 Å². The number of hydrogen-bond donors (Lipinski definition) is 2. The molecule has 0 bridgehead atoms. The van der Waals surface area contributed by atoms with E-state index in [2.05, 4.69) is 15.6 Å². The molecule has 10 heteroatoms. The first kappa shape index (κ1) is 24.8. The molecule has 1 aliphatic rings. The number of nitriles is 1. The first-order valence-corrected chi connectivity index (χ1v) is 11.7. The van der Waals surface area contributed by atoms with Crippen molar-refractivity contribution in [3.05, 3.63) is 54.1 Å². The highest BCUT2D eigenvalue weighted by atomic mass is 32.2. The second kappa shape index (κ2) is 11.9. The number of hydrogen-bond acceptors (Lipinski definition) is 7. The van der Waals surface area contributed by atoms with Crippen LogP contribution in [0.4, 0.5) is 11.4 Å². The maximum atomic E-state index is 12.6. The number of ether oxygens (including phenoxy) is 1. The van der Waals surface area contributed by atoms with E-state index in [-0.39, 0.29) is 30.7 Å². The Morgan fingerprint density at radius 3 is 2.53 bits per heavy atom. The summed E-state index contributed by atoms with van der Waals surface area (Å²) in [4.78, 5) is 43.4. The van der Waals surface area contributed by atoms with E-state index >= 15 is 0 Å². The van der Waals surface area contributed by atoms with Gasteiger partial charge in [-0.25, -0.2) is 0 Å². The van der Waals surface area contributed by atoms with E-state index in [9.17, 15) is 14.4 Å². The maximum Gasteiger partial charge on any atom is 0.262 e. The van der Waals surface area contributed by atoms with E-state index in [1.807, 2.05) is 24.8 Å². The Bertz CT molecular complexity index is 1120. The van der Waals surface area contributed by atoms with Crippen molar-refractivity contribution in [2.45, 2.75) is 25.5 Å². The molecule has 3 amide bonds. The van der Waals surface area contributed by atoms with Crippen LogP contribution in [0, 0.1) is 11.3 Å². The number of amidine groups is 1. The second-order valence-corrected chi connectivity index (χ2v) is 8.44. The van der Waals surface area contributed by atoms with Crippen molar-refractivity contribution in [2.75, 3.05) is 30.3 Å². The van der Waals surface area contributed by atoms with Gasteiger partial charge in [0.2, 0.25) is 5.91 Å². The van der Waals surface area contributed by atoms with E-state index in [0.717, 1.165) is 13.1 Å². The summed E-state index contributed by atoms with van der Waals surface area (Å²) >= 11 is 1.31. The van der Waals surface area contributed by atoms with Gasteiger partial charge in [-0.1, -0.05) is 17.8 Å². The van der Waals surface area contributed by atoms with Gasteiger partial charge in [-0.2, -0.15) is 10.3 Å². The number of anilines is 2. The quantitative estimate of drug-likeness (QED) is 0.564. The number of thioether (sulfide) groups is 1. The van der Waals surface area contributed by atoms with Crippen LogP contribution in [0.5, 0.6) is 5.75 Å². The molecule has 0 saturated heterocycles. The van der Waals surface area contributed by atoms with Crippen molar-refractivity contribution in [3.63, 3.8) is 0 Å². The van der Waals surface area contributed by atoms with Gasteiger partial charge in [0, 0.05) is 36.4 Å². The summed E-state index contributed by atoms with van der Waals surface area (Å²) in [6.07, 6.45) is -0.00554. The molecule has 0 fully saturated rings. The zero-order valence-corrected chi connectivity index (χ0v) is 19.7. The molecule has 34 heavy (non-hydrogen) atoms. The van der Waals surface area contributed by atoms with Gasteiger partial charge in [0.25, 0.3) is 11.8 Å². The molecule has 1 heterocycles. The van der Waals surface area contributed by atoms with E-state index in [0.29, 0.717) is 27.9 Å². The molecule has 9 nitrogen and oxygen atoms in total. The third kappa shape index (κ3) is 6.59. The van der Waals surface area contributed by atoms with Crippen molar-refractivity contribution in [1.29, 1.82) is 5.26 Å². The van der Waals surface area contributed by atoms with Crippen LogP contribution in [-0.2, 0) is 9.59 Å². The van der Waals surface area contributed by atoms with E-state index in [1.165, 1.54) is 11.8 Å². The van der Waals surface area contributed by atoms with Crippen LogP contribution in [0.1, 0.15) is 30.6 Å². The fourth-order valence-corrected chi connectivity index (χ4v) is 4.40. The Morgan fingerprint density at radius 1 is 1.12 bits per heavy atom. The average Bonchev–Trinajstić information content (AvgIpc) is 3.19. The monoisotopic (exact) mass is 479 g/mol. The fraction of sp³-hybridized carbons (Fsp3) is 0.292. The van der Waals surface area contributed by atoms with Crippen LogP contribution in [0.15, 0.2) is 53.5 Å². The second-order valence-electron chi connectivity index (χ2n) is 7.27. The van der Waals surface area contributed by atoms with Gasteiger partial charge in [-0.15, -0.1) is 0 Å². The lowest BCUT2D eigenvalue weighted by Gasteiger charge is -2.19. The Kier molecular flexibility index (Phi) is 8.65. The smallest absolute Gasteiger partial charge is 0.262 e. The van der Waals surface area contributed by atoms with Crippen molar-refractivity contribution in [3.8, 4) is 11.8 Å². The molecule has 2 aromatic carbocycles. The number of rotatable bonds is 9. The molecule has 0 saturated carbocycles. The molecule has 0 aromatic heterocycles. The molecule has 2 N–H and O–H groups in total. The molecule has 0 aliphatic carbocycles. The minimum atomic E-state index is -0.554. The molecule has 0 radical (unpaired) electrons. The molecule has 1 aliphatic heterocycles. The zero-order valence-electron chi connectivity index (χ0n) is 18.9. The fourth-order valence-electron chi connectivity index (χ4n) is 3.21. The largest absolute Gasteiger partial charge is 0.479 e. The van der Waals surface area contributed by atoms with Crippen LogP contribution in [0.2, 0.25) is 0 Å². The lowest BCUT2D eigenvalue weighted by molar-refractivity contribution is -0.121. The Hall–Kier alpha value is -3.84. The molecule has 176 valence electrons. The number of aliphatic imine (C=N–C) groups is 1. The van der Waals surface area contributed by atoms with Crippen molar-refractivity contribution >= 4 is 46.0 Å². The SMILES string of the molecule is CCN(CC)C1=NC(=O)C(CC(=O)Nc2cccc(C(=O)Nc3ccc(OCC#N)cc3)c2)S1. The molecular weight excluding hydrogens is 454 g/mol. The highest BCUT2D eigenvalue weighted by molar-refractivity contribution is 8.15. The number of carbonyl (C=O) groups excluding carboxylic acids is 3. The Morgan fingerprint density at radius 2 is 1.85 bits per heavy atom. The summed E-state index contributed by atoms with van der Waals surface area (Å²) in [6.45, 7) is 5.40. The van der Waals surface area contributed by atoms with Crippen molar-refractivity contribution < 1.29 is 19.1 Å². The summed E-state index contributed by atoms with van der Waals surface area (Å²) in [6, 6.07) is 15.1. The molecule has 1 atom stereocenters. The lowest BCUT2D eigenvalue weighted by atomic mass is 10.1. The normalized spacial score (nSPS) is 14.7. The van der Waals surface area contributed by atoms with Crippen molar-refractivity contribution in [2.24, 2.45) is 4.99 Å². The summed E-state index contributed by atoms with van der Waals surface area (Å²) in [5, 5.41) is 14.2. The first-order valence-electron chi connectivity index (χ1n) is 10.8. The van der Waals surface area contributed by atoms with Gasteiger partial charge in [0.15, 0.2) is 11.8 Å². The van der Waals surface area contributed by atoms with Gasteiger partial charge in [0.1, 0.15) is 17.1 Å². The predicted octanol–water partition coefficient (Wildman–Crippen LogP) is 3.51. The number of carbonyl (C=O) groups is 3. The van der Waals surface area contributed by atoms with Crippen LogP contribution in [-0.4, -0.2) is 52.7 Å². The molecular formula is C24H25N5O4S. The molecule has 2 aromatic rings. The third-order valence-corrected chi connectivity index (χ3v) is 6.17. The Balaban J connectivity index is 1.56. The van der Waals surface area contributed by atoms with Gasteiger partial charge in [-0.05, 0) is 56.3 Å². The minimum absolute atomic E-state index is 0.00554. The van der Waals surface area contributed by atoms with E-state index < -0.39 is 5.25 Å². The van der Waals surface area contributed by atoms with E-state index in [4.69, 9.17) is 10.00 Å². The van der Waals surface area contributed by atoms with E-state index in [1.54, 1.807) is 48.5 Å². The highest BCUT2D eigenvalue weighted by Crippen LogP contribution is 2.27. The first-order chi connectivity index (χ1) is 16.4. The lowest BCUT2D eigenvalue weighted by Crippen LogP contribution is -2.27. The Labute approximate surface area is 202 Å². The number of benzene rings is 2. The maximum absolute atomic E-state index is 12.6. The van der Waals surface area contributed by atoms with Gasteiger partial charge < -0.3 is 20.3 Å². The summed E-state index contributed by atoms with van der Waals surface area (Å²) in [5.74, 6) is -0.454. The molecule has 0 spiro atoms.